The van der Waals surface area contributed by atoms with Gasteiger partial charge in [0.25, 0.3) is 0 Å². The molecule has 0 atom stereocenters. The third kappa shape index (κ3) is 4.56. The lowest BCUT2D eigenvalue weighted by molar-refractivity contribution is -0.133. The van der Waals surface area contributed by atoms with E-state index in [1.54, 1.807) is 13.3 Å². The molecule has 0 radical (unpaired) electrons. The first-order valence-corrected chi connectivity index (χ1v) is 9.86. The van der Waals surface area contributed by atoms with E-state index in [1.165, 1.54) is 12.1 Å². The number of rotatable bonds is 6. The highest BCUT2D eigenvalue weighted by atomic mass is 19.1. The van der Waals surface area contributed by atoms with E-state index in [2.05, 4.69) is 10.00 Å². The Morgan fingerprint density at radius 1 is 1.10 bits per heavy atom. The summed E-state index contributed by atoms with van der Waals surface area (Å²) in [6.07, 6.45) is 2.23. The molecule has 1 aromatic heterocycles. The van der Waals surface area contributed by atoms with Crippen molar-refractivity contribution >= 4 is 16.8 Å². The zero-order valence-corrected chi connectivity index (χ0v) is 16.6. The smallest absolute Gasteiger partial charge is 0.224 e. The first-order chi connectivity index (χ1) is 14.1. The molecule has 7 heteroatoms. The van der Waals surface area contributed by atoms with Crippen LogP contribution in [0.3, 0.4) is 0 Å². The van der Waals surface area contributed by atoms with Crippen molar-refractivity contribution in [1.82, 2.24) is 19.6 Å². The van der Waals surface area contributed by atoms with Crippen molar-refractivity contribution in [3.63, 3.8) is 0 Å². The van der Waals surface area contributed by atoms with Crippen LogP contribution in [0.2, 0.25) is 0 Å². The van der Waals surface area contributed by atoms with Crippen molar-refractivity contribution in [1.29, 1.82) is 0 Å². The van der Waals surface area contributed by atoms with Gasteiger partial charge in [0.15, 0.2) is 0 Å². The Bertz CT molecular complexity index is 978. The second-order valence-electron chi connectivity index (χ2n) is 7.33. The van der Waals surface area contributed by atoms with Gasteiger partial charge in [0, 0.05) is 44.5 Å². The van der Waals surface area contributed by atoms with Gasteiger partial charge in [-0.05, 0) is 35.9 Å². The van der Waals surface area contributed by atoms with Crippen molar-refractivity contribution in [2.45, 2.75) is 19.5 Å². The molecule has 0 spiro atoms. The third-order valence-electron chi connectivity index (χ3n) is 5.43. The predicted octanol–water partition coefficient (Wildman–Crippen LogP) is 2.92. The summed E-state index contributed by atoms with van der Waals surface area (Å²) in [6.45, 7) is 4.44. The van der Waals surface area contributed by atoms with Gasteiger partial charge in [-0.15, -0.1) is 0 Å². The molecule has 1 fully saturated rings. The van der Waals surface area contributed by atoms with Crippen LogP contribution in [0.25, 0.3) is 10.9 Å². The number of halogens is 1. The van der Waals surface area contributed by atoms with Gasteiger partial charge in [-0.25, -0.2) is 4.39 Å². The SMILES string of the molecule is COc1ccc2c(cnn2CCC(=O)N2CCN(Cc3ccc(F)cc3)CC2)c1. The largest absolute Gasteiger partial charge is 0.497 e. The van der Waals surface area contributed by atoms with E-state index in [-0.39, 0.29) is 11.7 Å². The van der Waals surface area contributed by atoms with E-state index < -0.39 is 0 Å². The number of methoxy groups -OCH3 is 1. The zero-order valence-electron chi connectivity index (χ0n) is 16.6. The fourth-order valence-electron chi connectivity index (χ4n) is 3.73. The van der Waals surface area contributed by atoms with Crippen LogP contribution in [0.15, 0.2) is 48.7 Å². The van der Waals surface area contributed by atoms with Crippen LogP contribution in [-0.4, -0.2) is 58.8 Å². The molecular weight excluding hydrogens is 371 g/mol. The Morgan fingerprint density at radius 3 is 2.59 bits per heavy atom. The van der Waals surface area contributed by atoms with Gasteiger partial charge in [0.05, 0.1) is 25.4 Å². The second-order valence-corrected chi connectivity index (χ2v) is 7.33. The minimum Gasteiger partial charge on any atom is -0.497 e. The minimum absolute atomic E-state index is 0.156. The Labute approximate surface area is 169 Å². The third-order valence-corrected chi connectivity index (χ3v) is 5.43. The maximum atomic E-state index is 13.0. The highest BCUT2D eigenvalue weighted by Crippen LogP contribution is 2.20. The van der Waals surface area contributed by atoms with Crippen LogP contribution in [0.5, 0.6) is 5.75 Å². The molecule has 2 heterocycles. The van der Waals surface area contributed by atoms with Gasteiger partial charge in [0.1, 0.15) is 11.6 Å². The second kappa shape index (κ2) is 8.61. The summed E-state index contributed by atoms with van der Waals surface area (Å²) in [7, 11) is 1.64. The number of nitrogens with zero attached hydrogens (tertiary/aromatic N) is 4. The van der Waals surface area contributed by atoms with E-state index in [0.29, 0.717) is 13.0 Å². The van der Waals surface area contributed by atoms with Crippen LogP contribution in [-0.2, 0) is 17.9 Å². The van der Waals surface area contributed by atoms with Gasteiger partial charge in [-0.3, -0.25) is 14.4 Å². The Balaban J connectivity index is 1.27. The molecule has 152 valence electrons. The summed E-state index contributed by atoms with van der Waals surface area (Å²) in [4.78, 5) is 16.9. The summed E-state index contributed by atoms with van der Waals surface area (Å²) >= 11 is 0. The van der Waals surface area contributed by atoms with Gasteiger partial charge < -0.3 is 9.64 Å². The number of hydrogen-bond donors (Lipinski definition) is 0. The van der Waals surface area contributed by atoms with Crippen LogP contribution in [0, 0.1) is 5.82 Å². The van der Waals surface area contributed by atoms with E-state index in [9.17, 15) is 9.18 Å². The maximum Gasteiger partial charge on any atom is 0.224 e. The van der Waals surface area contributed by atoms with Crippen molar-refractivity contribution in [2.24, 2.45) is 0 Å². The Hall–Kier alpha value is -2.93. The molecule has 0 unspecified atom stereocenters. The molecule has 0 bridgehead atoms. The lowest BCUT2D eigenvalue weighted by Gasteiger charge is -2.34. The number of carbonyl (C=O) groups is 1. The fraction of sp³-hybridized carbons (Fsp3) is 0.364. The molecular formula is C22H25FN4O2. The van der Waals surface area contributed by atoms with Crippen LogP contribution >= 0.6 is 0 Å². The fourth-order valence-corrected chi connectivity index (χ4v) is 3.73. The Morgan fingerprint density at radius 2 is 1.86 bits per heavy atom. The van der Waals surface area contributed by atoms with Crippen molar-refractivity contribution in [3.05, 3.63) is 60.0 Å². The predicted molar refractivity (Wildman–Crippen MR) is 109 cm³/mol. The Kier molecular flexibility index (Phi) is 5.76. The van der Waals surface area contributed by atoms with E-state index in [4.69, 9.17) is 4.74 Å². The molecule has 29 heavy (non-hydrogen) atoms. The van der Waals surface area contributed by atoms with Gasteiger partial charge in [0.2, 0.25) is 5.91 Å². The normalized spacial score (nSPS) is 15.0. The molecule has 3 aromatic rings. The first-order valence-electron chi connectivity index (χ1n) is 9.86. The molecule has 1 aliphatic rings. The zero-order chi connectivity index (χ0) is 20.2. The summed E-state index contributed by atoms with van der Waals surface area (Å²) in [6, 6.07) is 12.4. The van der Waals surface area contributed by atoms with E-state index in [1.807, 2.05) is 39.9 Å². The van der Waals surface area contributed by atoms with Crippen molar-refractivity contribution in [3.8, 4) is 5.75 Å². The number of aromatic nitrogens is 2. The van der Waals surface area contributed by atoms with Crippen LogP contribution in [0.4, 0.5) is 4.39 Å². The average Bonchev–Trinajstić information content (AvgIpc) is 3.16. The number of benzene rings is 2. The topological polar surface area (TPSA) is 50.6 Å². The highest BCUT2D eigenvalue weighted by molar-refractivity contribution is 5.81. The lowest BCUT2D eigenvalue weighted by Crippen LogP contribution is -2.48. The summed E-state index contributed by atoms with van der Waals surface area (Å²) in [5.41, 5.74) is 2.09. The van der Waals surface area contributed by atoms with Crippen molar-refractivity contribution < 1.29 is 13.9 Å². The maximum absolute atomic E-state index is 13.0. The average molecular weight is 396 g/mol. The number of ether oxygens (including phenoxy) is 1. The van der Waals surface area contributed by atoms with Crippen molar-refractivity contribution in [2.75, 3.05) is 33.3 Å². The van der Waals surface area contributed by atoms with E-state index in [0.717, 1.165) is 54.9 Å². The monoisotopic (exact) mass is 396 g/mol. The minimum atomic E-state index is -0.215. The standard InChI is InChI=1S/C22H25FN4O2/c1-29-20-6-7-21-18(14-20)15-24-27(21)9-8-22(28)26-12-10-25(11-13-26)16-17-2-4-19(23)5-3-17/h2-7,14-15H,8-13,16H2,1H3. The quantitative estimate of drug-likeness (QED) is 0.643. The molecule has 1 amide bonds. The molecule has 4 rings (SSSR count). The van der Waals surface area contributed by atoms with Crippen LogP contribution in [0.1, 0.15) is 12.0 Å². The molecule has 0 aliphatic carbocycles. The van der Waals surface area contributed by atoms with Crippen LogP contribution < -0.4 is 4.74 Å². The van der Waals surface area contributed by atoms with E-state index >= 15 is 0 Å². The number of piperazine rings is 1. The highest BCUT2D eigenvalue weighted by Gasteiger charge is 2.21. The summed E-state index contributed by atoms with van der Waals surface area (Å²) in [5.74, 6) is 0.739. The summed E-state index contributed by atoms with van der Waals surface area (Å²) in [5, 5.41) is 5.41. The molecule has 6 nitrogen and oxygen atoms in total. The number of fused-ring (bicyclic) bond motifs is 1. The number of hydrogen-bond acceptors (Lipinski definition) is 4. The number of amides is 1. The molecule has 0 N–H and O–H groups in total. The summed E-state index contributed by atoms with van der Waals surface area (Å²) < 4.78 is 20.1. The molecule has 1 saturated heterocycles. The van der Waals surface area contributed by atoms with Gasteiger partial charge in [-0.2, -0.15) is 5.10 Å². The molecule has 1 aliphatic heterocycles. The number of carbonyl (C=O) groups excluding carboxylic acids is 1. The molecule has 2 aromatic carbocycles. The number of aryl methyl sites for hydroxylation is 1. The molecule has 0 saturated carbocycles. The van der Waals surface area contributed by atoms with Gasteiger partial charge in [-0.1, -0.05) is 12.1 Å². The first kappa shape index (κ1) is 19.4. The lowest BCUT2D eigenvalue weighted by atomic mass is 10.2. The van der Waals surface area contributed by atoms with Gasteiger partial charge >= 0.3 is 0 Å².